The molecule has 2 atom stereocenters. The Hall–Kier alpha value is -2.29. The van der Waals surface area contributed by atoms with E-state index in [9.17, 15) is 27.9 Å². The monoisotopic (exact) mass is 467 g/mol. The molecule has 9 heteroatoms. The van der Waals surface area contributed by atoms with Crippen LogP contribution < -0.4 is 5.32 Å². The van der Waals surface area contributed by atoms with Crippen molar-refractivity contribution in [2.45, 2.75) is 69.2 Å². The molecule has 2 aliphatic heterocycles. The minimum atomic E-state index is -4.40. The van der Waals surface area contributed by atoms with E-state index in [4.69, 9.17) is 0 Å². The highest BCUT2D eigenvalue weighted by Crippen LogP contribution is 2.33. The number of aliphatic hydroxyl groups is 1. The molecule has 4 rings (SSSR count). The predicted molar refractivity (Wildman–Crippen MR) is 116 cm³/mol. The Balaban J connectivity index is 1.50. The molecule has 0 spiro atoms. The molecule has 33 heavy (non-hydrogen) atoms. The van der Waals surface area contributed by atoms with Gasteiger partial charge in [-0.3, -0.25) is 4.79 Å². The van der Waals surface area contributed by atoms with Crippen LogP contribution in [0, 0.1) is 5.92 Å². The number of nitrogens with zero attached hydrogens (tertiary/aromatic N) is 2. The molecule has 1 aromatic rings. The van der Waals surface area contributed by atoms with Crippen LogP contribution in [0.25, 0.3) is 0 Å². The number of amides is 3. The highest BCUT2D eigenvalue weighted by atomic mass is 19.4. The molecule has 182 valence electrons. The summed E-state index contributed by atoms with van der Waals surface area (Å²) in [5, 5.41) is 12.9. The van der Waals surface area contributed by atoms with Gasteiger partial charge in [-0.25, -0.2) is 4.79 Å². The number of aliphatic hydroxyl groups excluding tert-OH is 1. The minimum absolute atomic E-state index is 0.00387. The number of nitrogens with one attached hydrogen (secondary N) is 1. The first-order chi connectivity index (χ1) is 15.7. The fourth-order valence-corrected chi connectivity index (χ4v) is 5.31. The molecule has 3 aliphatic rings. The smallest absolute Gasteiger partial charge is 0.393 e. The van der Waals surface area contributed by atoms with E-state index in [1.54, 1.807) is 9.80 Å². The zero-order chi connectivity index (χ0) is 23.6. The van der Waals surface area contributed by atoms with Crippen LogP contribution in [0.15, 0.2) is 24.3 Å². The van der Waals surface area contributed by atoms with Crippen molar-refractivity contribution in [3.8, 4) is 0 Å². The minimum Gasteiger partial charge on any atom is -0.393 e. The van der Waals surface area contributed by atoms with Gasteiger partial charge >= 0.3 is 12.2 Å². The molecule has 0 bridgehead atoms. The van der Waals surface area contributed by atoms with Gasteiger partial charge in [-0.1, -0.05) is 25.0 Å². The number of benzene rings is 1. The Bertz CT molecular complexity index is 832. The average Bonchev–Trinajstić information content (AvgIpc) is 3.34. The van der Waals surface area contributed by atoms with Crippen LogP contribution in [0.3, 0.4) is 0 Å². The van der Waals surface area contributed by atoms with Crippen molar-refractivity contribution in [3.63, 3.8) is 0 Å². The summed E-state index contributed by atoms with van der Waals surface area (Å²) in [6.45, 7) is 1.72. The van der Waals surface area contributed by atoms with Gasteiger partial charge in [0.2, 0.25) is 5.91 Å². The van der Waals surface area contributed by atoms with E-state index in [0.29, 0.717) is 45.4 Å². The normalized spacial score (nSPS) is 25.3. The lowest BCUT2D eigenvalue weighted by Crippen LogP contribution is -2.56. The standard InChI is InChI=1S/C24H32F3N3O3/c25-24(26,27)19-7-5-16(6-8-19)18-13-20(28-22(32)17-3-1-2-4-17)15-30(14-18)23(33)29-11-9-21(31)10-12-29/h5-8,17-18,20-21,31H,1-4,9-15H2,(H,28,32). The third kappa shape index (κ3) is 5.80. The molecule has 1 aliphatic carbocycles. The average molecular weight is 468 g/mol. The van der Waals surface area contributed by atoms with Gasteiger partial charge in [-0.15, -0.1) is 0 Å². The highest BCUT2D eigenvalue weighted by molar-refractivity contribution is 5.79. The largest absolute Gasteiger partial charge is 0.416 e. The first-order valence-corrected chi connectivity index (χ1v) is 11.9. The van der Waals surface area contributed by atoms with Crippen LogP contribution in [0.2, 0.25) is 0 Å². The Morgan fingerprint density at radius 2 is 1.58 bits per heavy atom. The second kappa shape index (κ2) is 9.91. The van der Waals surface area contributed by atoms with E-state index < -0.39 is 17.8 Å². The molecular weight excluding hydrogens is 435 g/mol. The summed E-state index contributed by atoms with van der Waals surface area (Å²) in [7, 11) is 0. The number of alkyl halides is 3. The molecule has 1 aromatic carbocycles. The van der Waals surface area contributed by atoms with Crippen LogP contribution in [0.5, 0.6) is 0 Å². The van der Waals surface area contributed by atoms with E-state index in [0.717, 1.165) is 43.4 Å². The molecule has 0 aromatic heterocycles. The Morgan fingerprint density at radius 1 is 0.939 bits per heavy atom. The van der Waals surface area contributed by atoms with Crippen LogP contribution >= 0.6 is 0 Å². The summed E-state index contributed by atoms with van der Waals surface area (Å²) in [6.07, 6.45) is 0.682. The summed E-state index contributed by atoms with van der Waals surface area (Å²) >= 11 is 0. The van der Waals surface area contributed by atoms with Crippen molar-refractivity contribution >= 4 is 11.9 Å². The van der Waals surface area contributed by atoms with Gasteiger partial charge in [0.15, 0.2) is 0 Å². The maximum absolute atomic E-state index is 13.2. The molecule has 2 heterocycles. The third-order valence-corrected chi connectivity index (χ3v) is 7.24. The van der Waals surface area contributed by atoms with Gasteiger partial charge < -0.3 is 20.2 Å². The van der Waals surface area contributed by atoms with E-state index in [1.807, 2.05) is 0 Å². The SMILES string of the molecule is O=C(NC1CC(c2ccc(C(F)(F)F)cc2)CN(C(=O)N2CCC(O)CC2)C1)C1CCCC1. The molecule has 0 radical (unpaired) electrons. The fourth-order valence-electron chi connectivity index (χ4n) is 5.31. The van der Waals surface area contributed by atoms with E-state index in [-0.39, 0.29) is 29.8 Å². The number of likely N-dealkylation sites (tertiary alicyclic amines) is 2. The zero-order valence-corrected chi connectivity index (χ0v) is 18.7. The van der Waals surface area contributed by atoms with Crippen LogP contribution in [0.4, 0.5) is 18.0 Å². The number of carbonyl (C=O) groups is 2. The zero-order valence-electron chi connectivity index (χ0n) is 18.7. The Kier molecular flexibility index (Phi) is 7.16. The number of hydrogen-bond acceptors (Lipinski definition) is 3. The number of urea groups is 1. The summed E-state index contributed by atoms with van der Waals surface area (Å²) in [5.41, 5.74) is 0.0302. The van der Waals surface area contributed by atoms with Crippen LogP contribution in [-0.2, 0) is 11.0 Å². The van der Waals surface area contributed by atoms with Crippen molar-refractivity contribution in [2.75, 3.05) is 26.2 Å². The lowest BCUT2D eigenvalue weighted by atomic mass is 9.87. The quantitative estimate of drug-likeness (QED) is 0.711. The molecule has 2 N–H and O–H groups in total. The van der Waals surface area contributed by atoms with Crippen molar-refractivity contribution in [1.29, 1.82) is 0 Å². The van der Waals surface area contributed by atoms with E-state index >= 15 is 0 Å². The maximum atomic E-state index is 13.2. The first-order valence-electron chi connectivity index (χ1n) is 11.9. The van der Waals surface area contributed by atoms with Crippen molar-refractivity contribution in [2.24, 2.45) is 5.92 Å². The topological polar surface area (TPSA) is 72.9 Å². The number of rotatable bonds is 3. The molecule has 3 amide bonds. The molecule has 1 saturated carbocycles. The van der Waals surface area contributed by atoms with Gasteiger partial charge in [0.05, 0.1) is 11.7 Å². The molecule has 2 unspecified atom stereocenters. The summed E-state index contributed by atoms with van der Waals surface area (Å²) < 4.78 is 39.0. The summed E-state index contributed by atoms with van der Waals surface area (Å²) in [5.74, 6) is -0.155. The second-order valence-electron chi connectivity index (χ2n) is 9.65. The molecule has 6 nitrogen and oxygen atoms in total. The third-order valence-electron chi connectivity index (χ3n) is 7.24. The van der Waals surface area contributed by atoms with E-state index in [2.05, 4.69) is 5.32 Å². The van der Waals surface area contributed by atoms with Crippen molar-refractivity contribution < 1.29 is 27.9 Å². The number of carbonyl (C=O) groups excluding carboxylic acids is 2. The summed E-state index contributed by atoms with van der Waals surface area (Å²) in [4.78, 5) is 29.4. The highest BCUT2D eigenvalue weighted by Gasteiger charge is 2.36. The lowest BCUT2D eigenvalue weighted by molar-refractivity contribution is -0.137. The van der Waals surface area contributed by atoms with Gasteiger partial charge in [0.25, 0.3) is 0 Å². The Morgan fingerprint density at radius 3 is 2.18 bits per heavy atom. The van der Waals surface area contributed by atoms with Gasteiger partial charge in [0.1, 0.15) is 0 Å². The van der Waals surface area contributed by atoms with Crippen LogP contribution in [-0.4, -0.2) is 65.2 Å². The second-order valence-corrected chi connectivity index (χ2v) is 9.65. The number of piperidine rings is 2. The predicted octanol–water partition coefficient (Wildman–Crippen LogP) is 3.75. The maximum Gasteiger partial charge on any atom is 0.416 e. The van der Waals surface area contributed by atoms with Crippen molar-refractivity contribution in [1.82, 2.24) is 15.1 Å². The Labute approximate surface area is 192 Å². The lowest BCUT2D eigenvalue weighted by Gasteiger charge is -2.42. The molecule has 2 saturated heterocycles. The fraction of sp³-hybridized carbons (Fsp3) is 0.667. The van der Waals surface area contributed by atoms with Gasteiger partial charge in [-0.2, -0.15) is 13.2 Å². The first kappa shape index (κ1) is 23.9. The van der Waals surface area contributed by atoms with Crippen molar-refractivity contribution in [3.05, 3.63) is 35.4 Å². The van der Waals surface area contributed by atoms with E-state index in [1.165, 1.54) is 12.1 Å². The molecule has 3 fully saturated rings. The van der Waals surface area contributed by atoms with Gasteiger partial charge in [0, 0.05) is 44.1 Å². The van der Waals surface area contributed by atoms with Crippen LogP contribution in [0.1, 0.15) is 62.0 Å². The molecular formula is C24H32F3N3O3. The number of halogens is 3. The number of hydrogen-bond donors (Lipinski definition) is 2. The van der Waals surface area contributed by atoms with Gasteiger partial charge in [-0.05, 0) is 49.8 Å². The summed E-state index contributed by atoms with van der Waals surface area (Å²) in [6, 6.07) is 4.73.